The third-order valence-corrected chi connectivity index (χ3v) is 1.56. The van der Waals surface area contributed by atoms with E-state index in [1.54, 1.807) is 18.4 Å². The lowest BCUT2D eigenvalue weighted by molar-refractivity contribution is -0.145. The summed E-state index contributed by atoms with van der Waals surface area (Å²) in [5.74, 6) is 0.402. The Morgan fingerprint density at radius 1 is 1.50 bits per heavy atom. The lowest BCUT2D eigenvalue weighted by Crippen LogP contribution is -2.19. The molecule has 0 aromatic carbocycles. The highest BCUT2D eigenvalue weighted by atomic mass is 16.5. The van der Waals surface area contributed by atoms with Crippen molar-refractivity contribution in [3.8, 4) is 0 Å². The van der Waals surface area contributed by atoms with E-state index < -0.39 is 0 Å². The molecule has 3 nitrogen and oxygen atoms in total. The summed E-state index contributed by atoms with van der Waals surface area (Å²) in [6, 6.07) is 3.52. The second kappa shape index (κ2) is 4.31. The Balaban J connectivity index is 2.30. The van der Waals surface area contributed by atoms with Gasteiger partial charge in [0, 0.05) is 0 Å². The van der Waals surface area contributed by atoms with E-state index >= 15 is 0 Å². The molecule has 0 aliphatic rings. The van der Waals surface area contributed by atoms with E-state index in [1.165, 1.54) is 0 Å². The number of esters is 1. The minimum Gasteiger partial charge on any atom is -0.469 e. The molecule has 0 unspecified atom stereocenters. The van der Waals surface area contributed by atoms with Gasteiger partial charge in [-0.05, 0) is 17.5 Å². The van der Waals surface area contributed by atoms with Gasteiger partial charge < -0.3 is 9.15 Å². The Kier molecular flexibility index (Phi) is 3.33. The third kappa shape index (κ3) is 4.12. The number of carbonyl (C=O) groups is 1. The fraction of sp³-hybridized carbons (Fsp3) is 0.545. The first-order valence-corrected chi connectivity index (χ1v) is 4.65. The highest BCUT2D eigenvalue weighted by molar-refractivity contribution is 5.71. The summed E-state index contributed by atoms with van der Waals surface area (Å²) in [6.45, 7) is 6.50. The van der Waals surface area contributed by atoms with Gasteiger partial charge in [-0.15, -0.1) is 0 Å². The highest BCUT2D eigenvalue weighted by Gasteiger charge is 2.14. The van der Waals surface area contributed by atoms with Gasteiger partial charge in [-0.1, -0.05) is 20.8 Å². The third-order valence-electron chi connectivity index (χ3n) is 1.56. The lowest BCUT2D eigenvalue weighted by Gasteiger charge is -2.17. The van der Waals surface area contributed by atoms with Crippen molar-refractivity contribution in [1.29, 1.82) is 0 Å². The number of hydrogen-bond acceptors (Lipinski definition) is 3. The summed E-state index contributed by atoms with van der Waals surface area (Å²) >= 11 is 0. The minimum absolute atomic E-state index is 0.0127. The van der Waals surface area contributed by atoms with Crippen LogP contribution in [-0.2, 0) is 16.0 Å². The monoisotopic (exact) mass is 196 g/mol. The van der Waals surface area contributed by atoms with E-state index in [9.17, 15) is 4.79 Å². The normalized spacial score (nSPS) is 11.4. The van der Waals surface area contributed by atoms with E-state index in [4.69, 9.17) is 9.15 Å². The molecule has 0 saturated heterocycles. The standard InChI is InChI=1S/C11H16O3/c1-11(2,3)8-14-10(12)7-9-5-4-6-13-9/h4-6H,7-8H2,1-3H3. The van der Waals surface area contributed by atoms with Crippen molar-refractivity contribution >= 4 is 5.97 Å². The molecule has 0 aliphatic carbocycles. The summed E-state index contributed by atoms with van der Waals surface area (Å²) in [4.78, 5) is 11.3. The van der Waals surface area contributed by atoms with Crippen LogP contribution in [0.25, 0.3) is 0 Å². The molecule has 1 rings (SSSR count). The SMILES string of the molecule is CC(C)(C)COC(=O)Cc1ccco1. The molecule has 3 heteroatoms. The van der Waals surface area contributed by atoms with Crippen LogP contribution in [0.4, 0.5) is 0 Å². The minimum atomic E-state index is -0.241. The average molecular weight is 196 g/mol. The predicted octanol–water partition coefficient (Wildman–Crippen LogP) is 2.41. The first-order chi connectivity index (χ1) is 6.47. The van der Waals surface area contributed by atoms with Gasteiger partial charge in [-0.2, -0.15) is 0 Å². The van der Waals surface area contributed by atoms with Crippen LogP contribution >= 0.6 is 0 Å². The fourth-order valence-corrected chi connectivity index (χ4v) is 0.903. The van der Waals surface area contributed by atoms with Gasteiger partial charge in [0.05, 0.1) is 12.9 Å². The second-order valence-electron chi connectivity index (χ2n) is 4.48. The molecule has 0 atom stereocenters. The van der Waals surface area contributed by atoms with E-state index in [2.05, 4.69) is 0 Å². The summed E-state index contributed by atoms with van der Waals surface area (Å²) in [6.07, 6.45) is 1.76. The number of furan rings is 1. The van der Waals surface area contributed by atoms with Gasteiger partial charge in [0.15, 0.2) is 0 Å². The van der Waals surface area contributed by atoms with Gasteiger partial charge >= 0.3 is 5.97 Å². The van der Waals surface area contributed by atoms with Crippen molar-refractivity contribution in [1.82, 2.24) is 0 Å². The molecule has 1 aromatic heterocycles. The molecule has 0 aliphatic heterocycles. The number of ether oxygens (including phenoxy) is 1. The van der Waals surface area contributed by atoms with Crippen LogP contribution in [0, 0.1) is 5.41 Å². The number of rotatable bonds is 3. The smallest absolute Gasteiger partial charge is 0.313 e. The van der Waals surface area contributed by atoms with Crippen LogP contribution in [-0.4, -0.2) is 12.6 Å². The van der Waals surface area contributed by atoms with Crippen molar-refractivity contribution in [3.63, 3.8) is 0 Å². The van der Waals surface area contributed by atoms with Gasteiger partial charge in [-0.3, -0.25) is 4.79 Å². The zero-order valence-corrected chi connectivity index (χ0v) is 8.87. The molecule has 0 fully saturated rings. The van der Waals surface area contributed by atoms with Crippen LogP contribution in [0.2, 0.25) is 0 Å². The molecular formula is C11H16O3. The quantitative estimate of drug-likeness (QED) is 0.697. The van der Waals surface area contributed by atoms with Crippen molar-refractivity contribution < 1.29 is 13.9 Å². The molecule has 0 bridgehead atoms. The van der Waals surface area contributed by atoms with Crippen LogP contribution in [0.5, 0.6) is 0 Å². The van der Waals surface area contributed by atoms with E-state index in [1.807, 2.05) is 20.8 Å². The van der Waals surface area contributed by atoms with Crippen LogP contribution in [0.15, 0.2) is 22.8 Å². The summed E-state index contributed by atoms with van der Waals surface area (Å²) in [7, 11) is 0. The molecular weight excluding hydrogens is 180 g/mol. The zero-order valence-electron chi connectivity index (χ0n) is 8.87. The maximum atomic E-state index is 11.3. The lowest BCUT2D eigenvalue weighted by atomic mass is 9.99. The first kappa shape index (κ1) is 10.8. The summed E-state index contributed by atoms with van der Waals surface area (Å²) in [5.41, 5.74) is 0.0127. The van der Waals surface area contributed by atoms with Gasteiger partial charge in [0.25, 0.3) is 0 Å². The maximum absolute atomic E-state index is 11.3. The zero-order chi connectivity index (χ0) is 10.6. The fourth-order valence-electron chi connectivity index (χ4n) is 0.903. The number of carbonyl (C=O) groups excluding carboxylic acids is 1. The Morgan fingerprint density at radius 3 is 2.71 bits per heavy atom. The number of hydrogen-bond donors (Lipinski definition) is 0. The molecule has 0 amide bonds. The summed E-state index contributed by atoms with van der Waals surface area (Å²) < 4.78 is 10.1. The highest BCUT2D eigenvalue weighted by Crippen LogP contribution is 2.13. The van der Waals surface area contributed by atoms with E-state index in [0.29, 0.717) is 12.4 Å². The van der Waals surface area contributed by atoms with Gasteiger partial charge in [0.1, 0.15) is 12.2 Å². The van der Waals surface area contributed by atoms with Crippen molar-refractivity contribution in [2.24, 2.45) is 5.41 Å². The van der Waals surface area contributed by atoms with Crippen LogP contribution in [0.3, 0.4) is 0 Å². The van der Waals surface area contributed by atoms with E-state index in [0.717, 1.165) is 0 Å². The largest absolute Gasteiger partial charge is 0.469 e. The maximum Gasteiger partial charge on any atom is 0.313 e. The Morgan fingerprint density at radius 2 is 2.21 bits per heavy atom. The topological polar surface area (TPSA) is 39.4 Å². The predicted molar refractivity (Wildman–Crippen MR) is 52.8 cm³/mol. The first-order valence-electron chi connectivity index (χ1n) is 4.65. The van der Waals surface area contributed by atoms with Gasteiger partial charge in [0.2, 0.25) is 0 Å². The molecule has 78 valence electrons. The Hall–Kier alpha value is -1.25. The molecule has 1 aromatic rings. The van der Waals surface area contributed by atoms with Crippen LogP contribution in [0.1, 0.15) is 26.5 Å². The molecule has 1 heterocycles. The second-order valence-corrected chi connectivity index (χ2v) is 4.48. The van der Waals surface area contributed by atoms with Gasteiger partial charge in [-0.25, -0.2) is 0 Å². The average Bonchev–Trinajstić information content (AvgIpc) is 2.52. The molecule has 14 heavy (non-hydrogen) atoms. The van der Waals surface area contributed by atoms with Crippen LogP contribution < -0.4 is 0 Å². The van der Waals surface area contributed by atoms with Crippen molar-refractivity contribution in [2.45, 2.75) is 27.2 Å². The molecule has 0 spiro atoms. The Bertz CT molecular complexity index is 280. The molecule has 0 N–H and O–H groups in total. The Labute approximate surface area is 84.1 Å². The van der Waals surface area contributed by atoms with Crippen molar-refractivity contribution in [2.75, 3.05) is 6.61 Å². The van der Waals surface area contributed by atoms with Crippen molar-refractivity contribution in [3.05, 3.63) is 24.2 Å². The summed E-state index contributed by atoms with van der Waals surface area (Å²) in [5, 5.41) is 0. The molecule has 0 saturated carbocycles. The molecule has 0 radical (unpaired) electrons. The van der Waals surface area contributed by atoms with E-state index in [-0.39, 0.29) is 17.8 Å².